The van der Waals surface area contributed by atoms with E-state index in [1.807, 2.05) is 0 Å². The van der Waals surface area contributed by atoms with Crippen LogP contribution in [0, 0.1) is 11.3 Å². The fourth-order valence-corrected chi connectivity index (χ4v) is 3.44. The number of benzene rings is 1. The first-order chi connectivity index (χ1) is 8.82. The maximum absolute atomic E-state index is 5.91. The Hall–Kier alpha value is -0.900. The monoisotopic (exact) mass is 246 g/mol. The molecule has 0 bridgehead atoms. The van der Waals surface area contributed by atoms with Gasteiger partial charge in [-0.15, -0.1) is 0 Å². The highest BCUT2D eigenvalue weighted by Gasteiger charge is 2.49. The molecule has 2 fully saturated rings. The van der Waals surface area contributed by atoms with Crippen LogP contribution in [0.25, 0.3) is 0 Å². The second-order valence-corrected chi connectivity index (χ2v) is 5.77. The van der Waals surface area contributed by atoms with Gasteiger partial charge in [0.2, 0.25) is 0 Å². The van der Waals surface area contributed by atoms with Crippen molar-refractivity contribution in [2.45, 2.75) is 13.0 Å². The highest BCUT2D eigenvalue weighted by atomic mass is 16.5. The van der Waals surface area contributed by atoms with Crippen molar-refractivity contribution < 1.29 is 4.74 Å². The molecule has 3 heteroatoms. The Labute approximate surface area is 109 Å². The van der Waals surface area contributed by atoms with E-state index in [0.29, 0.717) is 11.3 Å². The first kappa shape index (κ1) is 12.2. The van der Waals surface area contributed by atoms with E-state index in [4.69, 9.17) is 10.5 Å². The number of rotatable bonds is 3. The second kappa shape index (κ2) is 5.00. The number of ether oxygens (including phenoxy) is 1. The number of hydrogen-bond acceptors (Lipinski definition) is 3. The quantitative estimate of drug-likeness (QED) is 0.878. The third-order valence-corrected chi connectivity index (χ3v) is 4.48. The molecule has 0 radical (unpaired) electrons. The molecule has 0 aromatic heterocycles. The Morgan fingerprint density at radius 3 is 2.78 bits per heavy atom. The SMILES string of the molecule is NCC1CCOCC12CN(Cc1ccccc1)C2. The predicted octanol–water partition coefficient (Wildman–Crippen LogP) is 1.48. The Morgan fingerprint density at radius 2 is 2.06 bits per heavy atom. The summed E-state index contributed by atoms with van der Waals surface area (Å²) in [7, 11) is 0. The highest BCUT2D eigenvalue weighted by Crippen LogP contribution is 2.42. The van der Waals surface area contributed by atoms with Crippen LogP contribution < -0.4 is 5.73 Å². The number of likely N-dealkylation sites (tertiary alicyclic amines) is 1. The molecule has 1 aromatic carbocycles. The molecule has 2 aliphatic heterocycles. The second-order valence-electron chi connectivity index (χ2n) is 5.77. The predicted molar refractivity (Wildman–Crippen MR) is 72.1 cm³/mol. The maximum Gasteiger partial charge on any atom is 0.0550 e. The van der Waals surface area contributed by atoms with E-state index in [2.05, 4.69) is 35.2 Å². The van der Waals surface area contributed by atoms with E-state index >= 15 is 0 Å². The van der Waals surface area contributed by atoms with Crippen LogP contribution in [0.3, 0.4) is 0 Å². The number of nitrogens with two attached hydrogens (primary N) is 1. The van der Waals surface area contributed by atoms with Gasteiger partial charge in [-0.1, -0.05) is 30.3 Å². The fraction of sp³-hybridized carbons (Fsp3) is 0.600. The first-order valence-electron chi connectivity index (χ1n) is 6.86. The van der Waals surface area contributed by atoms with Crippen LogP contribution in [0.4, 0.5) is 0 Å². The minimum Gasteiger partial charge on any atom is -0.381 e. The number of hydrogen-bond donors (Lipinski definition) is 1. The molecular weight excluding hydrogens is 224 g/mol. The molecule has 0 aliphatic carbocycles. The van der Waals surface area contributed by atoms with Gasteiger partial charge in [0.25, 0.3) is 0 Å². The van der Waals surface area contributed by atoms with E-state index in [9.17, 15) is 0 Å². The zero-order valence-corrected chi connectivity index (χ0v) is 10.8. The molecule has 2 saturated heterocycles. The van der Waals surface area contributed by atoms with Crippen molar-refractivity contribution in [2.24, 2.45) is 17.1 Å². The first-order valence-corrected chi connectivity index (χ1v) is 6.86. The lowest BCUT2D eigenvalue weighted by Gasteiger charge is -2.56. The molecule has 1 atom stereocenters. The zero-order valence-electron chi connectivity index (χ0n) is 10.8. The van der Waals surface area contributed by atoms with Gasteiger partial charge in [0, 0.05) is 31.7 Å². The molecule has 0 saturated carbocycles. The smallest absolute Gasteiger partial charge is 0.0550 e. The third-order valence-electron chi connectivity index (χ3n) is 4.48. The van der Waals surface area contributed by atoms with Crippen molar-refractivity contribution in [3.05, 3.63) is 35.9 Å². The topological polar surface area (TPSA) is 38.5 Å². The van der Waals surface area contributed by atoms with Crippen molar-refractivity contribution >= 4 is 0 Å². The van der Waals surface area contributed by atoms with Crippen LogP contribution in [0.1, 0.15) is 12.0 Å². The van der Waals surface area contributed by atoms with Gasteiger partial charge in [-0.05, 0) is 24.4 Å². The van der Waals surface area contributed by atoms with E-state index in [-0.39, 0.29) is 0 Å². The van der Waals surface area contributed by atoms with Gasteiger partial charge < -0.3 is 10.5 Å². The van der Waals surface area contributed by atoms with Gasteiger partial charge in [-0.2, -0.15) is 0 Å². The molecule has 18 heavy (non-hydrogen) atoms. The highest BCUT2D eigenvalue weighted by molar-refractivity contribution is 5.15. The summed E-state index contributed by atoms with van der Waals surface area (Å²) >= 11 is 0. The summed E-state index contributed by atoms with van der Waals surface area (Å²) in [5, 5.41) is 0. The lowest BCUT2D eigenvalue weighted by Crippen LogP contribution is -2.64. The molecule has 1 aromatic rings. The Bertz CT molecular complexity index is 387. The fourth-order valence-electron chi connectivity index (χ4n) is 3.44. The average Bonchev–Trinajstić information content (AvgIpc) is 2.39. The maximum atomic E-state index is 5.91. The molecule has 2 heterocycles. The molecule has 3 rings (SSSR count). The van der Waals surface area contributed by atoms with E-state index in [0.717, 1.165) is 45.8 Å². The van der Waals surface area contributed by atoms with Crippen molar-refractivity contribution in [3.8, 4) is 0 Å². The molecule has 98 valence electrons. The summed E-state index contributed by atoms with van der Waals surface area (Å²) in [6.07, 6.45) is 1.13. The summed E-state index contributed by atoms with van der Waals surface area (Å²) in [6, 6.07) is 10.7. The van der Waals surface area contributed by atoms with Gasteiger partial charge in [-0.3, -0.25) is 4.90 Å². The van der Waals surface area contributed by atoms with E-state index in [1.165, 1.54) is 5.56 Å². The third kappa shape index (κ3) is 2.18. The summed E-state index contributed by atoms with van der Waals surface area (Å²) in [5.74, 6) is 0.651. The van der Waals surface area contributed by atoms with Gasteiger partial charge in [0.15, 0.2) is 0 Å². The van der Waals surface area contributed by atoms with Crippen molar-refractivity contribution in [2.75, 3.05) is 32.8 Å². The van der Waals surface area contributed by atoms with Gasteiger partial charge in [0.1, 0.15) is 0 Å². The van der Waals surface area contributed by atoms with Crippen LogP contribution in [0.2, 0.25) is 0 Å². The standard InChI is InChI=1S/C15H22N2O/c16-8-14-6-7-18-12-15(14)10-17(11-15)9-13-4-2-1-3-5-13/h1-5,14H,6-12,16H2. The minimum absolute atomic E-state index is 0.349. The largest absolute Gasteiger partial charge is 0.381 e. The Morgan fingerprint density at radius 1 is 1.28 bits per heavy atom. The van der Waals surface area contributed by atoms with Crippen LogP contribution in [0.5, 0.6) is 0 Å². The van der Waals surface area contributed by atoms with E-state index in [1.54, 1.807) is 0 Å². The van der Waals surface area contributed by atoms with Crippen molar-refractivity contribution in [1.82, 2.24) is 4.90 Å². The van der Waals surface area contributed by atoms with Crippen LogP contribution in [-0.2, 0) is 11.3 Å². The minimum atomic E-state index is 0.349. The van der Waals surface area contributed by atoms with Crippen LogP contribution in [0.15, 0.2) is 30.3 Å². The van der Waals surface area contributed by atoms with Gasteiger partial charge in [-0.25, -0.2) is 0 Å². The average molecular weight is 246 g/mol. The Balaban J connectivity index is 1.58. The molecular formula is C15H22N2O. The molecule has 2 N–H and O–H groups in total. The normalized spacial score (nSPS) is 27.1. The summed E-state index contributed by atoms with van der Waals surface area (Å²) < 4.78 is 5.68. The molecule has 2 aliphatic rings. The lowest BCUT2D eigenvalue weighted by molar-refractivity contribution is -0.138. The summed E-state index contributed by atoms with van der Waals surface area (Å²) in [6.45, 7) is 5.94. The molecule has 3 nitrogen and oxygen atoms in total. The summed E-state index contributed by atoms with van der Waals surface area (Å²) in [5.41, 5.74) is 7.66. The lowest BCUT2D eigenvalue weighted by atomic mass is 9.67. The van der Waals surface area contributed by atoms with Crippen molar-refractivity contribution in [3.63, 3.8) is 0 Å². The zero-order chi connectivity index (χ0) is 12.4. The molecule has 1 unspecified atom stereocenters. The van der Waals surface area contributed by atoms with Gasteiger partial charge in [0.05, 0.1) is 6.61 Å². The molecule has 1 spiro atoms. The van der Waals surface area contributed by atoms with Crippen molar-refractivity contribution in [1.29, 1.82) is 0 Å². The van der Waals surface area contributed by atoms with Crippen LogP contribution in [-0.4, -0.2) is 37.7 Å². The number of nitrogens with zero attached hydrogens (tertiary/aromatic N) is 1. The summed E-state index contributed by atoms with van der Waals surface area (Å²) in [4.78, 5) is 2.51. The molecule has 0 amide bonds. The van der Waals surface area contributed by atoms with Crippen LogP contribution >= 0.6 is 0 Å². The Kier molecular flexibility index (Phi) is 3.37. The van der Waals surface area contributed by atoms with E-state index < -0.39 is 0 Å². The van der Waals surface area contributed by atoms with Gasteiger partial charge >= 0.3 is 0 Å².